The van der Waals surface area contributed by atoms with Gasteiger partial charge in [0.1, 0.15) is 5.82 Å². The van der Waals surface area contributed by atoms with Gasteiger partial charge in [-0.05, 0) is 36.4 Å². The number of halogens is 2. The average molecular weight is 366 g/mol. The Labute approximate surface area is 147 Å². The van der Waals surface area contributed by atoms with E-state index in [0.717, 1.165) is 12.1 Å². The van der Waals surface area contributed by atoms with Gasteiger partial charge in [0.15, 0.2) is 6.61 Å². The summed E-state index contributed by atoms with van der Waals surface area (Å²) in [5, 5.41) is 2.48. The number of anilines is 1. The van der Waals surface area contributed by atoms with E-state index in [0.29, 0.717) is 0 Å². The number of ether oxygens (including phenoxy) is 2. The SMILES string of the molecule is COC(=O)c1cccc(C(=O)OCC(=O)Nc2cc(F)ccc2Cl)c1. The number of nitrogens with one attached hydrogen (secondary N) is 1. The summed E-state index contributed by atoms with van der Waals surface area (Å²) in [6, 6.07) is 9.15. The minimum Gasteiger partial charge on any atom is -0.465 e. The number of esters is 2. The number of methoxy groups -OCH3 is 1. The molecule has 0 heterocycles. The van der Waals surface area contributed by atoms with Crippen LogP contribution in [0.15, 0.2) is 42.5 Å². The summed E-state index contributed by atoms with van der Waals surface area (Å²) >= 11 is 5.83. The van der Waals surface area contributed by atoms with Gasteiger partial charge < -0.3 is 14.8 Å². The van der Waals surface area contributed by atoms with Crippen LogP contribution in [0.4, 0.5) is 10.1 Å². The fourth-order valence-corrected chi connectivity index (χ4v) is 2.05. The molecule has 0 saturated carbocycles. The van der Waals surface area contributed by atoms with Crippen molar-refractivity contribution in [2.45, 2.75) is 0 Å². The predicted molar refractivity (Wildman–Crippen MR) is 88.1 cm³/mol. The zero-order valence-electron chi connectivity index (χ0n) is 13.0. The highest BCUT2D eigenvalue weighted by Crippen LogP contribution is 2.22. The Hall–Kier alpha value is -2.93. The average Bonchev–Trinajstić information content (AvgIpc) is 2.62. The van der Waals surface area contributed by atoms with Crippen LogP contribution in [-0.4, -0.2) is 31.6 Å². The van der Waals surface area contributed by atoms with Crippen molar-refractivity contribution in [2.24, 2.45) is 0 Å². The molecular formula is C17H13ClFNO5. The zero-order chi connectivity index (χ0) is 18.4. The molecule has 0 radical (unpaired) electrons. The lowest BCUT2D eigenvalue weighted by molar-refractivity contribution is -0.119. The van der Waals surface area contributed by atoms with Crippen molar-refractivity contribution >= 4 is 35.1 Å². The molecule has 2 rings (SSSR count). The molecular weight excluding hydrogens is 353 g/mol. The number of hydrogen-bond acceptors (Lipinski definition) is 5. The number of rotatable bonds is 5. The normalized spacial score (nSPS) is 10.0. The smallest absolute Gasteiger partial charge is 0.338 e. The lowest BCUT2D eigenvalue weighted by Crippen LogP contribution is -2.21. The first kappa shape index (κ1) is 18.4. The van der Waals surface area contributed by atoms with Crippen molar-refractivity contribution < 1.29 is 28.2 Å². The summed E-state index contributed by atoms with van der Waals surface area (Å²) in [6.45, 7) is -0.603. The van der Waals surface area contributed by atoms with Crippen LogP contribution in [0.25, 0.3) is 0 Å². The van der Waals surface area contributed by atoms with Crippen LogP contribution in [0.5, 0.6) is 0 Å². The Morgan fingerprint density at radius 3 is 2.44 bits per heavy atom. The standard InChI is InChI=1S/C17H13ClFNO5/c1-24-16(22)10-3-2-4-11(7-10)17(23)25-9-15(21)20-14-8-12(19)5-6-13(14)18/h2-8H,9H2,1H3,(H,20,21). The van der Waals surface area contributed by atoms with E-state index in [9.17, 15) is 18.8 Å². The molecule has 0 bridgehead atoms. The predicted octanol–water partition coefficient (Wildman–Crippen LogP) is 3.06. The van der Waals surface area contributed by atoms with Crippen molar-refractivity contribution in [2.75, 3.05) is 19.0 Å². The highest BCUT2D eigenvalue weighted by atomic mass is 35.5. The van der Waals surface area contributed by atoms with Crippen LogP contribution >= 0.6 is 11.6 Å². The van der Waals surface area contributed by atoms with Crippen molar-refractivity contribution in [1.29, 1.82) is 0 Å². The maximum Gasteiger partial charge on any atom is 0.338 e. The molecule has 0 aliphatic carbocycles. The van der Waals surface area contributed by atoms with Crippen molar-refractivity contribution in [1.82, 2.24) is 0 Å². The molecule has 2 aromatic carbocycles. The summed E-state index contributed by atoms with van der Waals surface area (Å²) in [6.07, 6.45) is 0. The Morgan fingerprint density at radius 2 is 1.76 bits per heavy atom. The highest BCUT2D eigenvalue weighted by Gasteiger charge is 2.14. The first-order valence-corrected chi connectivity index (χ1v) is 7.39. The highest BCUT2D eigenvalue weighted by molar-refractivity contribution is 6.33. The van der Waals surface area contributed by atoms with E-state index in [1.54, 1.807) is 0 Å². The lowest BCUT2D eigenvalue weighted by Gasteiger charge is -2.08. The van der Waals surface area contributed by atoms with Gasteiger partial charge in [0, 0.05) is 0 Å². The topological polar surface area (TPSA) is 81.7 Å². The third-order valence-corrected chi connectivity index (χ3v) is 3.39. The van der Waals surface area contributed by atoms with Crippen LogP contribution in [0.3, 0.4) is 0 Å². The Kier molecular flexibility index (Phi) is 6.08. The van der Waals surface area contributed by atoms with E-state index in [2.05, 4.69) is 10.1 Å². The van der Waals surface area contributed by atoms with Gasteiger partial charge in [-0.3, -0.25) is 4.79 Å². The summed E-state index contributed by atoms with van der Waals surface area (Å²) in [5.74, 6) is -2.67. The molecule has 1 amide bonds. The molecule has 0 fully saturated rings. The van der Waals surface area contributed by atoms with Gasteiger partial charge in [-0.1, -0.05) is 17.7 Å². The summed E-state index contributed by atoms with van der Waals surface area (Å²) in [4.78, 5) is 35.2. The molecule has 25 heavy (non-hydrogen) atoms. The molecule has 0 spiro atoms. The first-order chi connectivity index (χ1) is 11.9. The fourth-order valence-electron chi connectivity index (χ4n) is 1.88. The molecule has 0 saturated heterocycles. The Morgan fingerprint density at radius 1 is 1.08 bits per heavy atom. The van der Waals surface area contributed by atoms with Crippen LogP contribution < -0.4 is 5.32 Å². The van der Waals surface area contributed by atoms with E-state index >= 15 is 0 Å². The number of carbonyl (C=O) groups excluding carboxylic acids is 3. The molecule has 2 aromatic rings. The Balaban J connectivity index is 1.96. The van der Waals surface area contributed by atoms with Crippen molar-refractivity contribution in [3.05, 3.63) is 64.4 Å². The van der Waals surface area contributed by atoms with E-state index < -0.39 is 30.3 Å². The number of benzene rings is 2. The van der Waals surface area contributed by atoms with Crippen LogP contribution in [0.1, 0.15) is 20.7 Å². The third kappa shape index (κ3) is 5.02. The molecule has 8 heteroatoms. The number of amides is 1. The molecule has 0 aliphatic heterocycles. The fraction of sp³-hybridized carbons (Fsp3) is 0.118. The first-order valence-electron chi connectivity index (χ1n) is 7.01. The molecule has 130 valence electrons. The molecule has 0 unspecified atom stereocenters. The monoisotopic (exact) mass is 365 g/mol. The van der Waals surface area contributed by atoms with Crippen LogP contribution in [0.2, 0.25) is 5.02 Å². The van der Waals surface area contributed by atoms with Gasteiger partial charge in [-0.15, -0.1) is 0 Å². The number of hydrogen-bond donors (Lipinski definition) is 1. The van der Waals surface area contributed by atoms with Gasteiger partial charge in [-0.25, -0.2) is 14.0 Å². The number of carbonyl (C=O) groups is 3. The van der Waals surface area contributed by atoms with E-state index in [1.807, 2.05) is 0 Å². The van der Waals surface area contributed by atoms with Gasteiger partial charge >= 0.3 is 11.9 Å². The summed E-state index contributed by atoms with van der Waals surface area (Å²) in [7, 11) is 1.22. The van der Waals surface area contributed by atoms with E-state index in [4.69, 9.17) is 16.3 Å². The summed E-state index contributed by atoms with van der Waals surface area (Å²) in [5.41, 5.74) is 0.322. The minimum absolute atomic E-state index is 0.0652. The van der Waals surface area contributed by atoms with Crippen molar-refractivity contribution in [3.8, 4) is 0 Å². The third-order valence-electron chi connectivity index (χ3n) is 3.06. The van der Waals surface area contributed by atoms with E-state index in [1.165, 1.54) is 37.4 Å². The minimum atomic E-state index is -0.800. The lowest BCUT2D eigenvalue weighted by atomic mass is 10.1. The maximum atomic E-state index is 13.1. The molecule has 6 nitrogen and oxygen atoms in total. The molecule has 0 aliphatic rings. The van der Waals surface area contributed by atoms with Crippen molar-refractivity contribution in [3.63, 3.8) is 0 Å². The second-order valence-corrected chi connectivity index (χ2v) is 5.23. The largest absolute Gasteiger partial charge is 0.465 e. The molecule has 0 aromatic heterocycles. The quantitative estimate of drug-likeness (QED) is 0.823. The zero-order valence-corrected chi connectivity index (χ0v) is 13.8. The maximum absolute atomic E-state index is 13.1. The summed E-state index contributed by atoms with van der Waals surface area (Å²) < 4.78 is 22.6. The van der Waals surface area contributed by atoms with Gasteiger partial charge in [0.05, 0.1) is 28.9 Å². The van der Waals surface area contributed by atoms with Gasteiger partial charge in [-0.2, -0.15) is 0 Å². The molecule has 1 N–H and O–H groups in total. The van der Waals surface area contributed by atoms with Crippen LogP contribution in [0, 0.1) is 5.82 Å². The van der Waals surface area contributed by atoms with Crippen LogP contribution in [-0.2, 0) is 14.3 Å². The second kappa shape index (κ2) is 8.25. The molecule has 0 atom stereocenters. The second-order valence-electron chi connectivity index (χ2n) is 4.82. The van der Waals surface area contributed by atoms with Gasteiger partial charge in [0.2, 0.25) is 0 Å². The Bertz CT molecular complexity index is 824. The van der Waals surface area contributed by atoms with Gasteiger partial charge in [0.25, 0.3) is 5.91 Å². The van der Waals surface area contributed by atoms with E-state index in [-0.39, 0.29) is 21.8 Å².